The van der Waals surface area contributed by atoms with Crippen molar-refractivity contribution in [1.29, 1.82) is 0 Å². The van der Waals surface area contributed by atoms with Crippen LogP contribution in [0, 0.1) is 0 Å². The van der Waals surface area contributed by atoms with Gasteiger partial charge >= 0.3 is 6.18 Å². The summed E-state index contributed by atoms with van der Waals surface area (Å²) in [6, 6.07) is 11.5. The minimum Gasteiger partial charge on any atom is -0.483 e. The zero-order chi connectivity index (χ0) is 18.2. The highest BCUT2D eigenvalue weighted by molar-refractivity contribution is 9.10. The molecule has 0 saturated carbocycles. The van der Waals surface area contributed by atoms with Gasteiger partial charge in [-0.1, -0.05) is 35.8 Å². The van der Waals surface area contributed by atoms with E-state index in [1.165, 1.54) is 6.07 Å². The summed E-state index contributed by atoms with van der Waals surface area (Å²) in [7, 11) is 0. The Morgan fingerprint density at radius 3 is 2.44 bits per heavy atom. The number of hydrogen-bond donors (Lipinski definition) is 0. The molecular formula is C19H19BrF3NO. The maximum atomic E-state index is 13.1. The second-order valence-corrected chi connectivity index (χ2v) is 7.15. The van der Waals surface area contributed by atoms with Crippen LogP contribution >= 0.6 is 15.9 Å². The average Bonchev–Trinajstić information content (AvgIpc) is 2.59. The Labute approximate surface area is 153 Å². The first-order chi connectivity index (χ1) is 11.8. The van der Waals surface area contributed by atoms with Gasteiger partial charge in [0.25, 0.3) is 0 Å². The fraction of sp³-hybridized carbons (Fsp3) is 0.368. The summed E-state index contributed by atoms with van der Waals surface area (Å²) in [5, 5.41) is 0. The zero-order valence-electron chi connectivity index (χ0n) is 14.0. The minimum absolute atomic E-state index is 0.282. The molecule has 0 N–H and O–H groups in total. The van der Waals surface area contributed by atoms with E-state index in [9.17, 15) is 13.2 Å². The first kappa shape index (κ1) is 18.1. The van der Waals surface area contributed by atoms with E-state index in [0.29, 0.717) is 25.1 Å². The van der Waals surface area contributed by atoms with E-state index in [1.54, 1.807) is 0 Å². The van der Waals surface area contributed by atoms with Gasteiger partial charge in [-0.15, -0.1) is 0 Å². The molecule has 0 unspecified atom stereocenters. The molecule has 0 spiro atoms. The van der Waals surface area contributed by atoms with Crippen molar-refractivity contribution in [3.63, 3.8) is 0 Å². The SMILES string of the molecule is CCC1(CC)CN(c2cccc(Br)c2)c2ccc(C(F)(F)F)cc2O1. The maximum Gasteiger partial charge on any atom is 0.416 e. The predicted molar refractivity (Wildman–Crippen MR) is 96.5 cm³/mol. The summed E-state index contributed by atoms with van der Waals surface area (Å²) < 4.78 is 46.3. The van der Waals surface area contributed by atoms with Gasteiger partial charge in [0.15, 0.2) is 0 Å². The molecular weight excluding hydrogens is 395 g/mol. The number of fused-ring (bicyclic) bond motifs is 1. The number of alkyl halides is 3. The molecule has 3 rings (SSSR count). The van der Waals surface area contributed by atoms with E-state index >= 15 is 0 Å². The smallest absolute Gasteiger partial charge is 0.416 e. The van der Waals surface area contributed by atoms with Crippen molar-refractivity contribution < 1.29 is 17.9 Å². The third-order valence-corrected chi connectivity index (χ3v) is 5.25. The van der Waals surface area contributed by atoms with Gasteiger partial charge in [0.1, 0.15) is 11.4 Å². The molecule has 134 valence electrons. The molecule has 0 atom stereocenters. The van der Waals surface area contributed by atoms with Gasteiger partial charge in [0, 0.05) is 10.2 Å². The van der Waals surface area contributed by atoms with Crippen molar-refractivity contribution in [2.75, 3.05) is 11.4 Å². The number of nitrogens with zero attached hydrogens (tertiary/aromatic N) is 1. The fourth-order valence-corrected chi connectivity index (χ4v) is 3.51. The standard InChI is InChI=1S/C19H19BrF3NO/c1-3-18(4-2)12-24(15-7-5-6-14(20)11-15)16-9-8-13(19(21,22)23)10-17(16)25-18/h5-11H,3-4,12H2,1-2H3. The summed E-state index contributed by atoms with van der Waals surface area (Å²) in [6.07, 6.45) is -2.97. The molecule has 0 fully saturated rings. The molecule has 25 heavy (non-hydrogen) atoms. The lowest BCUT2D eigenvalue weighted by Crippen LogP contribution is -2.48. The van der Waals surface area contributed by atoms with Crippen LogP contribution in [0.2, 0.25) is 0 Å². The third kappa shape index (κ3) is 3.50. The molecule has 1 heterocycles. The molecule has 2 nitrogen and oxygen atoms in total. The number of benzene rings is 2. The topological polar surface area (TPSA) is 12.5 Å². The number of hydrogen-bond acceptors (Lipinski definition) is 2. The maximum absolute atomic E-state index is 13.1. The van der Waals surface area contributed by atoms with Crippen LogP contribution in [-0.2, 0) is 6.18 Å². The van der Waals surface area contributed by atoms with Gasteiger partial charge in [-0.05, 0) is 49.2 Å². The second kappa shape index (κ2) is 6.56. The number of halogens is 4. The fourth-order valence-electron chi connectivity index (χ4n) is 3.13. The monoisotopic (exact) mass is 413 g/mol. The van der Waals surface area contributed by atoms with Crippen LogP contribution in [0.5, 0.6) is 5.75 Å². The summed E-state index contributed by atoms with van der Waals surface area (Å²) >= 11 is 3.46. The highest BCUT2D eigenvalue weighted by atomic mass is 79.9. The van der Waals surface area contributed by atoms with Crippen LogP contribution in [0.3, 0.4) is 0 Å². The highest BCUT2D eigenvalue weighted by Crippen LogP contribution is 2.45. The Morgan fingerprint density at radius 2 is 1.84 bits per heavy atom. The molecule has 0 radical (unpaired) electrons. The number of rotatable bonds is 3. The molecule has 1 aliphatic rings. The Morgan fingerprint density at radius 1 is 1.12 bits per heavy atom. The lowest BCUT2D eigenvalue weighted by atomic mass is 9.93. The summed E-state index contributed by atoms with van der Waals surface area (Å²) in [5.74, 6) is 0.282. The lowest BCUT2D eigenvalue weighted by Gasteiger charge is -2.44. The van der Waals surface area contributed by atoms with Crippen LogP contribution in [0.1, 0.15) is 32.3 Å². The van der Waals surface area contributed by atoms with Gasteiger partial charge < -0.3 is 9.64 Å². The molecule has 0 amide bonds. The number of ether oxygens (including phenoxy) is 1. The van der Waals surface area contributed by atoms with E-state index in [1.807, 2.05) is 43.0 Å². The summed E-state index contributed by atoms with van der Waals surface area (Å²) in [5.41, 5.74) is 0.372. The van der Waals surface area contributed by atoms with Crippen LogP contribution in [0.15, 0.2) is 46.9 Å². The Balaban J connectivity index is 2.14. The van der Waals surface area contributed by atoms with Crippen molar-refractivity contribution in [2.45, 2.75) is 38.5 Å². The number of anilines is 2. The molecule has 0 bridgehead atoms. The summed E-state index contributed by atoms with van der Waals surface area (Å²) in [4.78, 5) is 2.04. The van der Waals surface area contributed by atoms with E-state index in [2.05, 4.69) is 15.9 Å². The van der Waals surface area contributed by atoms with E-state index in [0.717, 1.165) is 22.3 Å². The van der Waals surface area contributed by atoms with E-state index in [4.69, 9.17) is 4.74 Å². The van der Waals surface area contributed by atoms with E-state index < -0.39 is 17.3 Å². The normalized spacial score (nSPS) is 16.3. The van der Waals surface area contributed by atoms with Crippen molar-refractivity contribution in [2.24, 2.45) is 0 Å². The lowest BCUT2D eigenvalue weighted by molar-refractivity contribution is -0.137. The second-order valence-electron chi connectivity index (χ2n) is 6.24. The zero-order valence-corrected chi connectivity index (χ0v) is 15.6. The largest absolute Gasteiger partial charge is 0.483 e. The molecule has 0 saturated heterocycles. The highest BCUT2D eigenvalue weighted by Gasteiger charge is 2.39. The van der Waals surface area contributed by atoms with Gasteiger partial charge in [-0.25, -0.2) is 0 Å². The Hall–Kier alpha value is -1.69. The first-order valence-corrected chi connectivity index (χ1v) is 9.00. The van der Waals surface area contributed by atoms with Crippen LogP contribution < -0.4 is 9.64 Å². The molecule has 2 aromatic carbocycles. The van der Waals surface area contributed by atoms with Gasteiger partial charge in [0.05, 0.1) is 17.8 Å². The van der Waals surface area contributed by atoms with Crippen molar-refractivity contribution >= 4 is 27.3 Å². The molecule has 0 aliphatic carbocycles. The summed E-state index contributed by atoms with van der Waals surface area (Å²) in [6.45, 7) is 4.59. The van der Waals surface area contributed by atoms with Crippen LogP contribution in [-0.4, -0.2) is 12.1 Å². The average molecular weight is 414 g/mol. The van der Waals surface area contributed by atoms with Crippen LogP contribution in [0.25, 0.3) is 0 Å². The Kier molecular flexibility index (Phi) is 4.75. The molecule has 6 heteroatoms. The minimum atomic E-state index is -4.39. The molecule has 2 aromatic rings. The van der Waals surface area contributed by atoms with Crippen molar-refractivity contribution in [3.05, 3.63) is 52.5 Å². The van der Waals surface area contributed by atoms with Gasteiger partial charge in [0.2, 0.25) is 0 Å². The van der Waals surface area contributed by atoms with Crippen molar-refractivity contribution in [1.82, 2.24) is 0 Å². The molecule has 0 aromatic heterocycles. The van der Waals surface area contributed by atoms with Crippen LogP contribution in [0.4, 0.5) is 24.5 Å². The van der Waals surface area contributed by atoms with Gasteiger partial charge in [-0.2, -0.15) is 13.2 Å². The van der Waals surface area contributed by atoms with Crippen molar-refractivity contribution in [3.8, 4) is 5.75 Å². The predicted octanol–water partition coefficient (Wildman–Crippen LogP) is 6.56. The molecule has 1 aliphatic heterocycles. The quantitative estimate of drug-likeness (QED) is 0.564. The Bertz CT molecular complexity index is 772. The van der Waals surface area contributed by atoms with E-state index in [-0.39, 0.29) is 5.75 Å². The first-order valence-electron chi connectivity index (χ1n) is 8.21. The third-order valence-electron chi connectivity index (χ3n) is 4.76. The van der Waals surface area contributed by atoms with Gasteiger partial charge in [-0.3, -0.25) is 0 Å².